The first-order chi connectivity index (χ1) is 20.0. The number of benzene rings is 3. The van der Waals surface area contributed by atoms with Crippen molar-refractivity contribution in [2.45, 2.75) is 44.1 Å². The van der Waals surface area contributed by atoms with Crippen molar-refractivity contribution in [3.63, 3.8) is 0 Å². The number of hydrogen-bond acceptors (Lipinski definition) is 6. The van der Waals surface area contributed by atoms with Crippen molar-refractivity contribution < 1.29 is 14.2 Å². The highest BCUT2D eigenvalue weighted by Gasteiger charge is 2.42. The van der Waals surface area contributed by atoms with Crippen LogP contribution in [0.15, 0.2) is 101 Å². The van der Waals surface area contributed by atoms with Gasteiger partial charge < -0.3 is 14.2 Å². The molecule has 41 heavy (non-hydrogen) atoms. The third-order valence-corrected chi connectivity index (χ3v) is 7.77. The first-order valence-electron chi connectivity index (χ1n) is 13.7. The molecule has 0 bridgehead atoms. The lowest BCUT2D eigenvalue weighted by Gasteiger charge is -2.37. The number of nitrogens with one attached hydrogen (secondary N) is 1. The molecule has 0 saturated carbocycles. The summed E-state index contributed by atoms with van der Waals surface area (Å²) in [6.07, 6.45) is 2.04. The van der Waals surface area contributed by atoms with Gasteiger partial charge in [-0.15, -0.1) is 0 Å². The summed E-state index contributed by atoms with van der Waals surface area (Å²) in [6.45, 7) is 1.86. The van der Waals surface area contributed by atoms with Gasteiger partial charge in [-0.25, -0.2) is 4.79 Å². The Morgan fingerprint density at radius 1 is 0.976 bits per heavy atom. The molecule has 0 unspecified atom stereocenters. The molecule has 5 rings (SSSR count). The largest absolute Gasteiger partial charge is 0.497 e. The van der Waals surface area contributed by atoms with E-state index in [2.05, 4.69) is 11.1 Å². The van der Waals surface area contributed by atoms with E-state index in [1.54, 1.807) is 14.0 Å². The smallest absolute Gasteiger partial charge is 0.330 e. The number of aromatic amines is 1. The van der Waals surface area contributed by atoms with E-state index in [9.17, 15) is 14.9 Å². The van der Waals surface area contributed by atoms with Crippen molar-refractivity contribution in [3.8, 4) is 11.8 Å². The van der Waals surface area contributed by atoms with Crippen LogP contribution in [0.3, 0.4) is 0 Å². The molecule has 1 aliphatic rings. The number of aryl methyl sites for hydroxylation is 1. The van der Waals surface area contributed by atoms with E-state index in [-0.39, 0.29) is 12.5 Å². The van der Waals surface area contributed by atoms with E-state index in [1.165, 1.54) is 10.8 Å². The summed E-state index contributed by atoms with van der Waals surface area (Å²) in [7, 11) is 1.64. The molecule has 210 valence electrons. The quantitative estimate of drug-likeness (QED) is 0.276. The highest BCUT2D eigenvalue weighted by atomic mass is 16.6. The molecule has 1 aliphatic heterocycles. The zero-order valence-corrected chi connectivity index (χ0v) is 23.2. The van der Waals surface area contributed by atoms with Gasteiger partial charge in [0.05, 0.1) is 25.9 Å². The SMILES string of the molecule is COc1ccc(C(OC[C@H]2O[C@@H](n3cc(C)c(=O)[nH]c3=O)C[C@@H]2CCC#N)(c2ccccc2)c2ccccc2)cc1. The standard InChI is InChI=1S/C33H33N3O5/c1-23-21-36(32(38)35-31(23)37)30-20-24(10-9-19-34)29(41-30)22-40-33(25-11-5-3-6-12-25,26-13-7-4-8-14-26)27-15-17-28(39-2)18-16-27/h3-8,11-18,21,24,29-30H,9-10,20,22H2,1-2H3,(H,35,37,38)/t24-,29+,30+/m0/s1. The summed E-state index contributed by atoms with van der Waals surface area (Å²) in [5.74, 6) is 0.711. The van der Waals surface area contributed by atoms with Crippen molar-refractivity contribution in [2.75, 3.05) is 13.7 Å². The summed E-state index contributed by atoms with van der Waals surface area (Å²) in [5, 5.41) is 9.33. The lowest BCUT2D eigenvalue weighted by atomic mass is 9.80. The minimum Gasteiger partial charge on any atom is -0.497 e. The summed E-state index contributed by atoms with van der Waals surface area (Å²) >= 11 is 0. The Bertz CT molecular complexity index is 1570. The number of nitrogens with zero attached hydrogens (tertiary/aromatic N) is 2. The molecular formula is C33H33N3O5. The van der Waals surface area contributed by atoms with E-state index >= 15 is 0 Å². The summed E-state index contributed by atoms with van der Waals surface area (Å²) in [5.41, 5.74) is 1.34. The van der Waals surface area contributed by atoms with Gasteiger partial charge in [-0.1, -0.05) is 72.8 Å². The average molecular weight is 552 g/mol. The van der Waals surface area contributed by atoms with Crippen molar-refractivity contribution in [1.29, 1.82) is 5.26 Å². The number of ether oxygens (including phenoxy) is 3. The number of methoxy groups -OCH3 is 1. The number of hydrogen-bond donors (Lipinski definition) is 1. The Kier molecular flexibility index (Phi) is 8.48. The maximum atomic E-state index is 12.7. The Labute approximate surface area is 238 Å². The molecule has 3 aromatic carbocycles. The van der Waals surface area contributed by atoms with Crippen LogP contribution in [0, 0.1) is 24.2 Å². The summed E-state index contributed by atoms with van der Waals surface area (Å²) in [6, 6.07) is 30.2. The highest BCUT2D eigenvalue weighted by Crippen LogP contribution is 2.43. The van der Waals surface area contributed by atoms with Crippen molar-refractivity contribution in [2.24, 2.45) is 5.92 Å². The number of rotatable bonds is 10. The maximum absolute atomic E-state index is 12.7. The fraction of sp³-hybridized carbons (Fsp3) is 0.303. The fourth-order valence-corrected chi connectivity index (χ4v) is 5.62. The molecule has 8 nitrogen and oxygen atoms in total. The van der Waals surface area contributed by atoms with Crippen LogP contribution in [0.2, 0.25) is 0 Å². The lowest BCUT2D eigenvalue weighted by Crippen LogP contribution is -2.37. The maximum Gasteiger partial charge on any atom is 0.330 e. The van der Waals surface area contributed by atoms with Crippen molar-refractivity contribution in [3.05, 3.63) is 134 Å². The topological polar surface area (TPSA) is 106 Å². The molecule has 0 amide bonds. The number of nitriles is 1. The van der Waals surface area contributed by atoms with Crippen LogP contribution < -0.4 is 16.0 Å². The average Bonchev–Trinajstić information content (AvgIpc) is 3.42. The fourth-order valence-electron chi connectivity index (χ4n) is 5.62. The Morgan fingerprint density at radius 3 is 2.17 bits per heavy atom. The van der Waals surface area contributed by atoms with Gasteiger partial charge in [-0.2, -0.15) is 5.26 Å². The second kappa shape index (κ2) is 12.4. The lowest BCUT2D eigenvalue weighted by molar-refractivity contribution is -0.0852. The van der Waals surface area contributed by atoms with Gasteiger partial charge in [0.25, 0.3) is 5.56 Å². The molecule has 2 heterocycles. The van der Waals surface area contributed by atoms with Gasteiger partial charge in [0.1, 0.15) is 17.6 Å². The van der Waals surface area contributed by atoms with Gasteiger partial charge >= 0.3 is 5.69 Å². The Morgan fingerprint density at radius 2 is 1.59 bits per heavy atom. The second-order valence-corrected chi connectivity index (χ2v) is 10.3. The normalized spacial score (nSPS) is 18.6. The van der Waals surface area contributed by atoms with Gasteiger partial charge in [0.2, 0.25) is 0 Å². The van der Waals surface area contributed by atoms with Crippen LogP contribution in [0.4, 0.5) is 0 Å². The van der Waals surface area contributed by atoms with Gasteiger partial charge in [0, 0.05) is 18.2 Å². The molecule has 4 aromatic rings. The van der Waals surface area contributed by atoms with Crippen LogP contribution in [0.5, 0.6) is 5.75 Å². The van der Waals surface area contributed by atoms with Gasteiger partial charge in [-0.05, 0) is 54.5 Å². The van der Waals surface area contributed by atoms with Gasteiger partial charge in [0.15, 0.2) is 0 Å². The number of H-pyrrole nitrogens is 1. The third kappa shape index (κ3) is 5.73. The first-order valence-corrected chi connectivity index (χ1v) is 13.7. The van der Waals surface area contributed by atoms with E-state index < -0.39 is 29.2 Å². The number of aromatic nitrogens is 2. The molecule has 1 fully saturated rings. The first kappa shape index (κ1) is 28.1. The molecule has 3 atom stereocenters. The predicted octanol–water partition coefficient (Wildman–Crippen LogP) is 5.07. The Balaban J connectivity index is 1.55. The van der Waals surface area contributed by atoms with Crippen LogP contribution >= 0.6 is 0 Å². The van der Waals surface area contributed by atoms with Crippen LogP contribution in [0.25, 0.3) is 0 Å². The zero-order chi connectivity index (χ0) is 28.8. The van der Waals surface area contributed by atoms with Crippen LogP contribution in [-0.2, 0) is 15.1 Å². The van der Waals surface area contributed by atoms with E-state index in [0.717, 1.165) is 22.4 Å². The van der Waals surface area contributed by atoms with Crippen molar-refractivity contribution >= 4 is 0 Å². The minimum atomic E-state index is -0.971. The minimum absolute atomic E-state index is 0.0288. The second-order valence-electron chi connectivity index (χ2n) is 10.3. The molecule has 0 aliphatic carbocycles. The molecule has 0 radical (unpaired) electrons. The molecule has 0 spiro atoms. The third-order valence-electron chi connectivity index (χ3n) is 7.77. The van der Waals surface area contributed by atoms with Crippen LogP contribution in [-0.4, -0.2) is 29.4 Å². The van der Waals surface area contributed by atoms with E-state index in [1.807, 2.05) is 84.9 Å². The zero-order valence-electron chi connectivity index (χ0n) is 23.2. The van der Waals surface area contributed by atoms with E-state index in [4.69, 9.17) is 14.2 Å². The van der Waals surface area contributed by atoms with E-state index in [0.29, 0.717) is 24.8 Å². The molecule has 8 heteroatoms. The van der Waals surface area contributed by atoms with Crippen LogP contribution in [0.1, 0.15) is 47.7 Å². The molecule has 1 N–H and O–H groups in total. The molecule has 1 saturated heterocycles. The predicted molar refractivity (Wildman–Crippen MR) is 155 cm³/mol. The summed E-state index contributed by atoms with van der Waals surface area (Å²) in [4.78, 5) is 27.0. The Hall–Kier alpha value is -4.45. The monoisotopic (exact) mass is 551 g/mol. The highest BCUT2D eigenvalue weighted by molar-refractivity contribution is 5.48. The molecular weight excluding hydrogens is 518 g/mol. The molecule has 1 aromatic heterocycles. The summed E-state index contributed by atoms with van der Waals surface area (Å²) < 4.78 is 20.3. The van der Waals surface area contributed by atoms with Crippen molar-refractivity contribution in [1.82, 2.24) is 9.55 Å². The van der Waals surface area contributed by atoms with Gasteiger partial charge in [-0.3, -0.25) is 14.3 Å².